The molecule has 0 spiro atoms. The van der Waals surface area contributed by atoms with Gasteiger partial charge < -0.3 is 5.11 Å². The van der Waals surface area contributed by atoms with Gasteiger partial charge in [-0.15, -0.1) is 0 Å². The van der Waals surface area contributed by atoms with Crippen molar-refractivity contribution in [2.45, 2.75) is 6.18 Å². The third-order valence-electron chi connectivity index (χ3n) is 2.59. The van der Waals surface area contributed by atoms with Gasteiger partial charge in [-0.2, -0.15) is 13.2 Å². The number of rotatable bonds is 2. The Kier molecular flexibility index (Phi) is 3.44. The first-order valence-electron chi connectivity index (χ1n) is 5.34. The molecule has 0 saturated carbocycles. The second-order valence-corrected chi connectivity index (χ2v) is 3.96. The van der Waals surface area contributed by atoms with E-state index in [0.29, 0.717) is 6.07 Å². The molecule has 1 aromatic carbocycles. The lowest BCUT2D eigenvalue weighted by molar-refractivity contribution is -0.138. The van der Waals surface area contributed by atoms with Crippen molar-refractivity contribution in [3.8, 4) is 11.1 Å². The van der Waals surface area contributed by atoms with Crippen molar-refractivity contribution in [2.75, 3.05) is 0 Å². The lowest BCUT2D eigenvalue weighted by atomic mass is 10.00. The molecule has 1 aromatic heterocycles. The summed E-state index contributed by atoms with van der Waals surface area (Å²) in [6, 6.07) is 3.64. The van der Waals surface area contributed by atoms with E-state index >= 15 is 0 Å². The fraction of sp³-hybridized carbons (Fsp3) is 0.0769. The number of aromatic carboxylic acids is 1. The molecular weight excluding hydrogens is 278 g/mol. The Morgan fingerprint density at radius 1 is 1.10 bits per heavy atom. The molecule has 0 aliphatic carbocycles. The summed E-state index contributed by atoms with van der Waals surface area (Å²) in [5.74, 6) is -2.37. The van der Waals surface area contributed by atoms with Crippen LogP contribution in [0, 0.1) is 5.82 Å². The van der Waals surface area contributed by atoms with E-state index in [0.717, 1.165) is 24.4 Å². The molecule has 104 valence electrons. The van der Waals surface area contributed by atoms with Gasteiger partial charge in [-0.1, -0.05) is 6.07 Å². The summed E-state index contributed by atoms with van der Waals surface area (Å²) in [6.07, 6.45) is -2.60. The van der Waals surface area contributed by atoms with Gasteiger partial charge in [0.05, 0.1) is 17.3 Å². The smallest absolute Gasteiger partial charge is 0.417 e. The standard InChI is InChI=1S/C13H7F4NO2/c14-9-3-8(5-18-6-9)7-1-2-11(13(15,16)17)10(4-7)12(19)20/h1-6H,(H,19,20). The number of hydrogen-bond donors (Lipinski definition) is 1. The van der Waals surface area contributed by atoms with Crippen molar-refractivity contribution in [3.05, 3.63) is 53.6 Å². The molecule has 2 rings (SSSR count). The average molecular weight is 285 g/mol. The van der Waals surface area contributed by atoms with E-state index in [9.17, 15) is 22.4 Å². The molecule has 0 amide bonds. The summed E-state index contributed by atoms with van der Waals surface area (Å²) in [6.45, 7) is 0. The van der Waals surface area contributed by atoms with Gasteiger partial charge in [0, 0.05) is 11.8 Å². The van der Waals surface area contributed by atoms with E-state index in [1.165, 1.54) is 6.20 Å². The second kappa shape index (κ2) is 4.92. The van der Waals surface area contributed by atoms with Crippen LogP contribution in [0.1, 0.15) is 15.9 Å². The molecule has 0 saturated heterocycles. The Hall–Kier alpha value is -2.44. The number of halogens is 4. The molecule has 1 heterocycles. The number of carboxylic acids is 1. The summed E-state index contributed by atoms with van der Waals surface area (Å²) >= 11 is 0. The van der Waals surface area contributed by atoms with Crippen molar-refractivity contribution < 1.29 is 27.5 Å². The lowest BCUT2D eigenvalue weighted by Crippen LogP contribution is -2.12. The summed E-state index contributed by atoms with van der Waals surface area (Å²) in [5, 5.41) is 8.87. The minimum absolute atomic E-state index is 0.141. The van der Waals surface area contributed by atoms with E-state index in [-0.39, 0.29) is 11.1 Å². The maximum absolute atomic E-state index is 13.0. The number of carboxylic acid groups (broad SMARTS) is 1. The van der Waals surface area contributed by atoms with Crippen LogP contribution in [-0.2, 0) is 6.18 Å². The van der Waals surface area contributed by atoms with Crippen LogP contribution in [0.25, 0.3) is 11.1 Å². The Morgan fingerprint density at radius 2 is 1.80 bits per heavy atom. The van der Waals surface area contributed by atoms with Gasteiger partial charge in [-0.05, 0) is 23.8 Å². The fourth-order valence-electron chi connectivity index (χ4n) is 1.72. The van der Waals surface area contributed by atoms with Gasteiger partial charge in [-0.25, -0.2) is 9.18 Å². The largest absolute Gasteiger partial charge is 0.478 e. The molecule has 0 atom stereocenters. The molecule has 3 nitrogen and oxygen atoms in total. The van der Waals surface area contributed by atoms with Crippen LogP contribution in [0.3, 0.4) is 0 Å². The first kappa shape index (κ1) is 14.0. The minimum atomic E-state index is -4.77. The van der Waals surface area contributed by atoms with Crippen LogP contribution in [0.2, 0.25) is 0 Å². The first-order chi connectivity index (χ1) is 9.29. The summed E-state index contributed by atoms with van der Waals surface area (Å²) < 4.78 is 51.0. The van der Waals surface area contributed by atoms with Crippen LogP contribution in [0.5, 0.6) is 0 Å². The van der Waals surface area contributed by atoms with Gasteiger partial charge in [-0.3, -0.25) is 4.98 Å². The molecule has 1 N–H and O–H groups in total. The normalized spacial score (nSPS) is 11.4. The zero-order valence-electron chi connectivity index (χ0n) is 9.78. The summed E-state index contributed by atoms with van der Waals surface area (Å²) in [5.41, 5.74) is -1.80. The molecule has 0 aliphatic rings. The predicted octanol–water partition coefficient (Wildman–Crippen LogP) is 3.60. The van der Waals surface area contributed by atoms with E-state index in [2.05, 4.69) is 4.98 Å². The molecule has 20 heavy (non-hydrogen) atoms. The van der Waals surface area contributed by atoms with Gasteiger partial charge >= 0.3 is 12.1 Å². The Bertz CT molecular complexity index is 668. The highest BCUT2D eigenvalue weighted by Crippen LogP contribution is 2.34. The number of hydrogen-bond acceptors (Lipinski definition) is 2. The van der Waals surface area contributed by atoms with Crippen molar-refractivity contribution in [3.63, 3.8) is 0 Å². The highest BCUT2D eigenvalue weighted by molar-refractivity contribution is 5.91. The number of nitrogens with zero attached hydrogens (tertiary/aromatic N) is 1. The van der Waals surface area contributed by atoms with E-state index in [4.69, 9.17) is 5.11 Å². The molecule has 2 aromatic rings. The maximum atomic E-state index is 13.0. The number of benzene rings is 1. The SMILES string of the molecule is O=C(O)c1cc(-c2cncc(F)c2)ccc1C(F)(F)F. The van der Waals surface area contributed by atoms with Gasteiger partial charge in [0.1, 0.15) is 5.82 Å². The minimum Gasteiger partial charge on any atom is -0.478 e. The van der Waals surface area contributed by atoms with E-state index in [1.54, 1.807) is 0 Å². The molecule has 7 heteroatoms. The van der Waals surface area contributed by atoms with Crippen LogP contribution >= 0.6 is 0 Å². The average Bonchev–Trinajstić information content (AvgIpc) is 2.37. The fourth-order valence-corrected chi connectivity index (χ4v) is 1.72. The monoisotopic (exact) mass is 285 g/mol. The van der Waals surface area contributed by atoms with Crippen molar-refractivity contribution >= 4 is 5.97 Å². The van der Waals surface area contributed by atoms with Crippen molar-refractivity contribution in [1.29, 1.82) is 0 Å². The van der Waals surface area contributed by atoms with Gasteiger partial charge in [0.2, 0.25) is 0 Å². The van der Waals surface area contributed by atoms with Crippen molar-refractivity contribution in [1.82, 2.24) is 4.98 Å². The van der Waals surface area contributed by atoms with Crippen LogP contribution in [0.4, 0.5) is 17.6 Å². The summed E-state index contributed by atoms with van der Waals surface area (Å²) in [7, 11) is 0. The molecular formula is C13H7F4NO2. The molecule has 0 fully saturated rings. The molecule has 0 bridgehead atoms. The number of aromatic nitrogens is 1. The molecule has 0 unspecified atom stereocenters. The third kappa shape index (κ3) is 2.76. The van der Waals surface area contributed by atoms with Crippen LogP contribution in [-0.4, -0.2) is 16.1 Å². The third-order valence-corrected chi connectivity index (χ3v) is 2.59. The number of carbonyl (C=O) groups is 1. The van der Waals surface area contributed by atoms with Crippen LogP contribution < -0.4 is 0 Å². The lowest BCUT2D eigenvalue weighted by Gasteiger charge is -2.11. The maximum Gasteiger partial charge on any atom is 0.417 e. The van der Waals surface area contributed by atoms with Crippen molar-refractivity contribution in [2.24, 2.45) is 0 Å². The first-order valence-corrected chi connectivity index (χ1v) is 5.34. The molecule has 0 radical (unpaired) electrons. The predicted molar refractivity (Wildman–Crippen MR) is 61.6 cm³/mol. The summed E-state index contributed by atoms with van der Waals surface area (Å²) in [4.78, 5) is 14.5. The topological polar surface area (TPSA) is 50.2 Å². The molecule has 0 aliphatic heterocycles. The second-order valence-electron chi connectivity index (χ2n) is 3.96. The van der Waals surface area contributed by atoms with E-state index < -0.39 is 29.1 Å². The Morgan fingerprint density at radius 3 is 2.35 bits per heavy atom. The number of pyridine rings is 1. The zero-order chi connectivity index (χ0) is 14.9. The van der Waals surface area contributed by atoms with E-state index in [1.807, 2.05) is 0 Å². The quantitative estimate of drug-likeness (QED) is 0.858. The Labute approximate surface area is 110 Å². The zero-order valence-corrected chi connectivity index (χ0v) is 9.78. The van der Waals surface area contributed by atoms with Gasteiger partial charge in [0.15, 0.2) is 0 Å². The Balaban J connectivity index is 2.59. The highest BCUT2D eigenvalue weighted by Gasteiger charge is 2.35. The highest BCUT2D eigenvalue weighted by atomic mass is 19.4. The van der Waals surface area contributed by atoms with Gasteiger partial charge in [0.25, 0.3) is 0 Å². The number of alkyl halides is 3. The van der Waals surface area contributed by atoms with Crippen LogP contribution in [0.15, 0.2) is 36.7 Å².